The molecule has 1 aliphatic heterocycles. The molecule has 4 nitrogen and oxygen atoms in total. The van der Waals surface area contributed by atoms with Crippen LogP contribution >= 0.6 is 11.3 Å². The van der Waals surface area contributed by atoms with Gasteiger partial charge in [-0.3, -0.25) is 0 Å². The van der Waals surface area contributed by atoms with E-state index in [1.54, 1.807) is 17.7 Å². The minimum atomic E-state index is 0.653. The largest absolute Gasteiger partial charge is 0.369 e. The van der Waals surface area contributed by atoms with Gasteiger partial charge >= 0.3 is 0 Å². The highest BCUT2D eigenvalue weighted by molar-refractivity contribution is 7.16. The van der Waals surface area contributed by atoms with Crippen molar-refractivity contribution in [3.05, 3.63) is 17.8 Å². The molecule has 3 heterocycles. The highest BCUT2D eigenvalue weighted by Gasteiger charge is 2.21. The van der Waals surface area contributed by atoms with E-state index in [2.05, 4.69) is 45.5 Å². The van der Waals surface area contributed by atoms with Crippen molar-refractivity contribution in [2.75, 3.05) is 25.0 Å². The third-order valence-corrected chi connectivity index (χ3v) is 4.92. The minimum Gasteiger partial charge on any atom is -0.369 e. The average Bonchev–Trinajstić information content (AvgIpc) is 2.94. The second-order valence-corrected chi connectivity index (χ2v) is 6.73. The quantitative estimate of drug-likeness (QED) is 0.938. The number of nitrogens with zero attached hydrogens (tertiary/aromatic N) is 3. The number of piperidine rings is 1. The number of hydrogen-bond acceptors (Lipinski definition) is 5. The lowest BCUT2D eigenvalue weighted by molar-refractivity contribution is 0.145. The van der Waals surface area contributed by atoms with Crippen LogP contribution in [0.3, 0.4) is 0 Å². The van der Waals surface area contributed by atoms with E-state index >= 15 is 0 Å². The van der Waals surface area contributed by atoms with Gasteiger partial charge in [0.25, 0.3) is 0 Å². The summed E-state index contributed by atoms with van der Waals surface area (Å²) in [6.07, 6.45) is 4.28. The van der Waals surface area contributed by atoms with Crippen LogP contribution in [0.15, 0.2) is 17.8 Å². The van der Waals surface area contributed by atoms with Gasteiger partial charge < -0.3 is 10.2 Å². The van der Waals surface area contributed by atoms with E-state index < -0.39 is 0 Å². The van der Waals surface area contributed by atoms with Crippen molar-refractivity contribution in [1.82, 2.24) is 14.9 Å². The Morgan fingerprint density at radius 1 is 1.45 bits per heavy atom. The van der Waals surface area contributed by atoms with Crippen LogP contribution < -0.4 is 5.32 Å². The molecule has 1 saturated heterocycles. The zero-order valence-electron chi connectivity index (χ0n) is 12.2. The van der Waals surface area contributed by atoms with Crippen molar-refractivity contribution < 1.29 is 0 Å². The zero-order chi connectivity index (χ0) is 13.9. The van der Waals surface area contributed by atoms with Gasteiger partial charge in [0.2, 0.25) is 0 Å². The molecule has 2 aromatic rings. The minimum absolute atomic E-state index is 0.653. The van der Waals surface area contributed by atoms with Gasteiger partial charge in [-0.2, -0.15) is 0 Å². The molecule has 1 unspecified atom stereocenters. The smallest absolute Gasteiger partial charge is 0.138 e. The van der Waals surface area contributed by atoms with Crippen LogP contribution in [0.1, 0.15) is 26.7 Å². The lowest BCUT2D eigenvalue weighted by Crippen LogP contribution is -2.41. The first-order chi connectivity index (χ1) is 9.74. The van der Waals surface area contributed by atoms with Gasteiger partial charge in [-0.15, -0.1) is 11.3 Å². The van der Waals surface area contributed by atoms with Gasteiger partial charge in [0, 0.05) is 19.1 Å². The van der Waals surface area contributed by atoms with E-state index in [0.717, 1.165) is 28.5 Å². The summed E-state index contributed by atoms with van der Waals surface area (Å²) in [6.45, 7) is 8.02. The first-order valence-electron chi connectivity index (χ1n) is 7.40. The Bertz CT molecular complexity index is 566. The van der Waals surface area contributed by atoms with Crippen LogP contribution in [0.25, 0.3) is 10.2 Å². The summed E-state index contributed by atoms with van der Waals surface area (Å²) >= 11 is 1.67. The van der Waals surface area contributed by atoms with Crippen molar-refractivity contribution in [3.8, 4) is 0 Å². The number of anilines is 1. The lowest BCUT2D eigenvalue weighted by atomic mass is 9.97. The molecule has 0 aromatic carbocycles. The monoisotopic (exact) mass is 290 g/mol. The number of rotatable bonds is 4. The fourth-order valence-corrected chi connectivity index (χ4v) is 3.64. The Hall–Kier alpha value is -1.20. The predicted octanol–water partition coefficient (Wildman–Crippen LogP) is 3.22. The summed E-state index contributed by atoms with van der Waals surface area (Å²) in [5.41, 5.74) is 0. The van der Waals surface area contributed by atoms with Crippen LogP contribution in [-0.2, 0) is 0 Å². The van der Waals surface area contributed by atoms with E-state index in [9.17, 15) is 0 Å². The summed E-state index contributed by atoms with van der Waals surface area (Å²) < 4.78 is 0. The molecule has 1 aliphatic rings. The summed E-state index contributed by atoms with van der Waals surface area (Å²) in [5.74, 6) is 1.70. The van der Waals surface area contributed by atoms with Crippen LogP contribution in [0, 0.1) is 5.92 Å². The number of thiophene rings is 1. The number of fused-ring (bicyclic) bond motifs is 1. The van der Waals surface area contributed by atoms with Crippen molar-refractivity contribution in [2.24, 2.45) is 5.92 Å². The molecular weight excluding hydrogens is 268 g/mol. The second-order valence-electron chi connectivity index (χ2n) is 5.84. The molecule has 3 rings (SSSR count). The van der Waals surface area contributed by atoms with E-state index in [1.807, 2.05) is 0 Å². The summed E-state index contributed by atoms with van der Waals surface area (Å²) in [5, 5.41) is 6.75. The molecule has 1 fully saturated rings. The molecule has 5 heteroatoms. The maximum Gasteiger partial charge on any atom is 0.138 e. The van der Waals surface area contributed by atoms with Crippen LogP contribution in [0.2, 0.25) is 0 Å². The van der Waals surface area contributed by atoms with Gasteiger partial charge in [-0.25, -0.2) is 9.97 Å². The number of likely N-dealkylation sites (tertiary alicyclic amines) is 1. The first kappa shape index (κ1) is 13.8. The summed E-state index contributed by atoms with van der Waals surface area (Å²) in [7, 11) is 0. The van der Waals surface area contributed by atoms with Gasteiger partial charge in [0.15, 0.2) is 0 Å². The SMILES string of the molecule is CC(C)N1CCCC(CNc2ncnc3sccc23)C1. The Balaban J connectivity index is 1.63. The van der Waals surface area contributed by atoms with Crippen molar-refractivity contribution in [3.63, 3.8) is 0 Å². The average molecular weight is 290 g/mol. The third-order valence-electron chi connectivity index (χ3n) is 4.10. The first-order valence-corrected chi connectivity index (χ1v) is 8.28. The molecule has 0 amide bonds. The Labute approximate surface area is 124 Å². The van der Waals surface area contributed by atoms with E-state index in [0.29, 0.717) is 6.04 Å². The van der Waals surface area contributed by atoms with E-state index in [-0.39, 0.29) is 0 Å². The Morgan fingerprint density at radius 2 is 2.35 bits per heavy atom. The molecule has 1 N–H and O–H groups in total. The lowest BCUT2D eigenvalue weighted by Gasteiger charge is -2.35. The van der Waals surface area contributed by atoms with Gasteiger partial charge in [-0.05, 0) is 50.6 Å². The molecule has 2 aromatic heterocycles. The maximum atomic E-state index is 4.39. The molecule has 0 spiro atoms. The molecule has 20 heavy (non-hydrogen) atoms. The Morgan fingerprint density at radius 3 is 3.20 bits per heavy atom. The third kappa shape index (κ3) is 2.94. The van der Waals surface area contributed by atoms with Gasteiger partial charge in [0.05, 0.1) is 5.39 Å². The van der Waals surface area contributed by atoms with Gasteiger partial charge in [0.1, 0.15) is 17.0 Å². The van der Waals surface area contributed by atoms with Crippen molar-refractivity contribution in [2.45, 2.75) is 32.7 Å². The van der Waals surface area contributed by atoms with E-state index in [1.165, 1.54) is 25.9 Å². The highest BCUT2D eigenvalue weighted by Crippen LogP contribution is 2.25. The number of hydrogen-bond donors (Lipinski definition) is 1. The standard InChI is InChI=1S/C15H22N4S/c1-11(2)19-6-3-4-12(9-19)8-16-14-13-5-7-20-15(13)18-10-17-14/h5,7,10-12H,3-4,6,8-9H2,1-2H3,(H,16,17,18). The van der Waals surface area contributed by atoms with Crippen LogP contribution in [0.4, 0.5) is 5.82 Å². The molecule has 0 bridgehead atoms. The molecule has 0 aliphatic carbocycles. The van der Waals surface area contributed by atoms with Crippen LogP contribution in [0.5, 0.6) is 0 Å². The van der Waals surface area contributed by atoms with E-state index in [4.69, 9.17) is 0 Å². The molecular formula is C15H22N4S. The number of aromatic nitrogens is 2. The van der Waals surface area contributed by atoms with Crippen LogP contribution in [-0.4, -0.2) is 40.5 Å². The second kappa shape index (κ2) is 6.06. The molecule has 1 atom stereocenters. The number of nitrogens with one attached hydrogen (secondary N) is 1. The molecule has 108 valence electrons. The topological polar surface area (TPSA) is 41.0 Å². The fraction of sp³-hybridized carbons (Fsp3) is 0.600. The highest BCUT2D eigenvalue weighted by atomic mass is 32.1. The summed E-state index contributed by atoms with van der Waals surface area (Å²) in [4.78, 5) is 12.3. The fourth-order valence-electron chi connectivity index (χ4n) is 2.90. The van der Waals surface area contributed by atoms with Crippen molar-refractivity contribution >= 4 is 27.4 Å². The summed E-state index contributed by atoms with van der Waals surface area (Å²) in [6, 6.07) is 2.75. The van der Waals surface area contributed by atoms with Crippen molar-refractivity contribution in [1.29, 1.82) is 0 Å². The zero-order valence-corrected chi connectivity index (χ0v) is 13.0. The molecule has 0 saturated carbocycles. The maximum absolute atomic E-state index is 4.39. The Kier molecular flexibility index (Phi) is 4.17. The molecule has 0 radical (unpaired) electrons. The normalized spacial score (nSPS) is 20.6. The van der Waals surface area contributed by atoms with Gasteiger partial charge in [-0.1, -0.05) is 0 Å². The predicted molar refractivity (Wildman–Crippen MR) is 85.3 cm³/mol.